The molecule has 32 heavy (non-hydrogen) atoms. The van der Waals surface area contributed by atoms with Crippen LogP contribution >= 0.6 is 38.5 Å². The van der Waals surface area contributed by atoms with Gasteiger partial charge >= 0.3 is 6.18 Å². The second-order valence-corrected chi connectivity index (χ2v) is 10.1. The van der Waals surface area contributed by atoms with Crippen LogP contribution in [-0.4, -0.2) is 24.2 Å². The van der Waals surface area contributed by atoms with E-state index >= 15 is 0 Å². The number of hydrogen-bond donors (Lipinski definition) is 2. The van der Waals surface area contributed by atoms with Gasteiger partial charge in [0.1, 0.15) is 12.1 Å². The van der Waals surface area contributed by atoms with Gasteiger partial charge in [-0.05, 0) is 70.3 Å². The Morgan fingerprint density at radius 1 is 1.12 bits per heavy atom. The summed E-state index contributed by atoms with van der Waals surface area (Å²) in [6, 6.07) is 11.3. The maximum absolute atomic E-state index is 13.9. The Bertz CT molecular complexity index is 927. The van der Waals surface area contributed by atoms with Gasteiger partial charge in [0.05, 0.1) is 12.1 Å². The molecule has 1 amide bonds. The summed E-state index contributed by atoms with van der Waals surface area (Å²) >= 11 is 5.39. The third-order valence-corrected chi connectivity index (χ3v) is 6.00. The Hall–Kier alpha value is -1.64. The first kappa shape index (κ1) is 26.6. The highest BCUT2D eigenvalue weighted by Gasteiger charge is 2.43. The molecule has 0 aliphatic carbocycles. The molecule has 3 atom stereocenters. The Labute approximate surface area is 208 Å². The van der Waals surface area contributed by atoms with Gasteiger partial charge in [-0.3, -0.25) is 10.1 Å². The van der Waals surface area contributed by atoms with E-state index in [0.717, 1.165) is 9.13 Å². The second kappa shape index (κ2) is 12.0. The number of amides is 1. The molecule has 0 aliphatic heterocycles. The number of benzene rings is 2. The van der Waals surface area contributed by atoms with Crippen LogP contribution in [0.3, 0.4) is 0 Å². The van der Waals surface area contributed by atoms with E-state index in [1.807, 2.05) is 44.2 Å². The van der Waals surface area contributed by atoms with Gasteiger partial charge in [-0.25, -0.2) is 0 Å². The third-order valence-electron chi connectivity index (χ3n) is 4.75. The van der Waals surface area contributed by atoms with E-state index in [4.69, 9.17) is 0 Å². The van der Waals surface area contributed by atoms with Crippen LogP contribution in [0, 0.1) is 20.8 Å². The molecule has 0 saturated carbocycles. The summed E-state index contributed by atoms with van der Waals surface area (Å²) < 4.78 is 43.3. The molecule has 0 aliphatic rings. The summed E-state index contributed by atoms with van der Waals surface area (Å²) in [6.07, 6.45) is -4.14. The van der Waals surface area contributed by atoms with E-state index in [9.17, 15) is 23.2 Å². The summed E-state index contributed by atoms with van der Waals surface area (Å²) in [5, 5.41) is 14.6. The first-order valence-electron chi connectivity index (χ1n) is 10.0. The van der Waals surface area contributed by atoms with Gasteiger partial charge < -0.3 is 5.32 Å². The molecule has 0 radical (unpaired) electrons. The van der Waals surface area contributed by atoms with Crippen molar-refractivity contribution in [1.82, 2.24) is 10.6 Å². The van der Waals surface area contributed by atoms with Crippen molar-refractivity contribution in [1.29, 1.82) is 5.26 Å². The number of alkyl halides is 3. The number of hydrogen-bond acceptors (Lipinski definition) is 3. The Balaban J connectivity index is 2.20. The molecular formula is C23H24BrF3IN3O. The maximum atomic E-state index is 13.9. The average Bonchev–Trinajstić information content (AvgIpc) is 2.71. The lowest BCUT2D eigenvalue weighted by molar-refractivity contribution is -0.161. The Morgan fingerprint density at radius 3 is 2.22 bits per heavy atom. The minimum Gasteiger partial charge on any atom is -0.339 e. The number of nitrogens with one attached hydrogen (secondary N) is 2. The smallest absolute Gasteiger partial charge is 0.339 e. The van der Waals surface area contributed by atoms with Crippen molar-refractivity contribution >= 4 is 44.4 Å². The fourth-order valence-corrected chi connectivity index (χ4v) is 3.84. The van der Waals surface area contributed by atoms with Crippen LogP contribution in [0.15, 0.2) is 53.0 Å². The van der Waals surface area contributed by atoms with Gasteiger partial charge in [-0.1, -0.05) is 54.0 Å². The van der Waals surface area contributed by atoms with Gasteiger partial charge in [-0.2, -0.15) is 18.4 Å². The molecule has 0 saturated heterocycles. The van der Waals surface area contributed by atoms with Crippen LogP contribution < -0.4 is 10.6 Å². The predicted molar refractivity (Wildman–Crippen MR) is 130 cm³/mol. The fraction of sp³-hybridized carbons (Fsp3) is 0.391. The third kappa shape index (κ3) is 8.37. The van der Waals surface area contributed by atoms with Gasteiger partial charge in [-0.15, -0.1) is 0 Å². The molecule has 9 heteroatoms. The molecule has 2 N–H and O–H groups in total. The van der Waals surface area contributed by atoms with E-state index in [1.165, 1.54) is 24.3 Å². The number of carbonyl (C=O) groups excluding carboxylic acids is 1. The van der Waals surface area contributed by atoms with Crippen molar-refractivity contribution in [2.75, 3.05) is 0 Å². The highest BCUT2D eigenvalue weighted by molar-refractivity contribution is 14.1. The molecule has 2 rings (SSSR count). The van der Waals surface area contributed by atoms with Gasteiger partial charge in [0, 0.05) is 14.5 Å². The zero-order chi connectivity index (χ0) is 23.9. The van der Waals surface area contributed by atoms with Crippen LogP contribution in [-0.2, 0) is 11.2 Å². The van der Waals surface area contributed by atoms with Crippen molar-refractivity contribution < 1.29 is 18.0 Å². The lowest BCUT2D eigenvalue weighted by atomic mass is 9.99. The molecular weight excluding hydrogens is 598 g/mol. The summed E-state index contributed by atoms with van der Waals surface area (Å²) in [5.41, 5.74) is 0.867. The summed E-state index contributed by atoms with van der Waals surface area (Å²) in [6.45, 7) is 3.66. The quantitative estimate of drug-likeness (QED) is 0.342. The molecule has 0 unspecified atom stereocenters. The lowest BCUT2D eigenvalue weighted by Crippen LogP contribution is -2.51. The second-order valence-electron chi connectivity index (χ2n) is 7.90. The molecule has 0 bridgehead atoms. The highest BCUT2D eigenvalue weighted by Crippen LogP contribution is 2.34. The normalized spacial score (nSPS) is 14.5. The average molecular weight is 622 g/mol. The van der Waals surface area contributed by atoms with E-state index in [0.29, 0.717) is 4.47 Å². The van der Waals surface area contributed by atoms with Crippen LogP contribution in [0.1, 0.15) is 37.4 Å². The van der Waals surface area contributed by atoms with Gasteiger partial charge in [0.15, 0.2) is 0 Å². The summed E-state index contributed by atoms with van der Waals surface area (Å²) in [7, 11) is 0. The van der Waals surface area contributed by atoms with E-state index < -0.39 is 30.2 Å². The molecule has 0 spiro atoms. The monoisotopic (exact) mass is 621 g/mol. The summed E-state index contributed by atoms with van der Waals surface area (Å²) in [4.78, 5) is 12.9. The fourth-order valence-electron chi connectivity index (χ4n) is 3.22. The zero-order valence-corrected chi connectivity index (χ0v) is 21.3. The minimum atomic E-state index is -4.60. The maximum Gasteiger partial charge on any atom is 0.407 e. The standard InChI is InChI=1S/C23H24BrF3IN3O/c1-14(2)11-20(31-21(23(25,26)27)16-5-7-17(24)8-6-16)22(32)30-19(13-29)12-15-3-9-18(28)10-4-15/h3-10,14,19-21,31H,11-12H2,1-2H3,(H,30,32)/t19-,20-,21-/m0/s1. The van der Waals surface area contributed by atoms with Crippen molar-refractivity contribution in [3.8, 4) is 6.07 Å². The molecule has 4 nitrogen and oxygen atoms in total. The summed E-state index contributed by atoms with van der Waals surface area (Å²) in [5.74, 6) is -0.657. The van der Waals surface area contributed by atoms with Crippen LogP contribution in [0.5, 0.6) is 0 Å². The SMILES string of the molecule is CC(C)C[C@H](N[C@@H](c1ccc(Br)cc1)C(F)(F)F)C(=O)N[C@H](C#N)Cc1ccc(I)cc1. The molecule has 2 aromatic carbocycles. The lowest BCUT2D eigenvalue weighted by Gasteiger charge is -2.29. The van der Waals surface area contributed by atoms with Crippen LogP contribution in [0.25, 0.3) is 0 Å². The minimum absolute atomic E-state index is 0.0120. The number of nitriles is 1. The highest BCUT2D eigenvalue weighted by atomic mass is 127. The van der Waals surface area contributed by atoms with Gasteiger partial charge in [0.2, 0.25) is 5.91 Å². The molecule has 0 fully saturated rings. The molecule has 0 aromatic heterocycles. The molecule has 0 heterocycles. The topological polar surface area (TPSA) is 64.9 Å². The van der Waals surface area contributed by atoms with Crippen molar-refractivity contribution in [2.24, 2.45) is 5.92 Å². The zero-order valence-electron chi connectivity index (χ0n) is 17.6. The van der Waals surface area contributed by atoms with Crippen molar-refractivity contribution in [3.63, 3.8) is 0 Å². The van der Waals surface area contributed by atoms with E-state index in [-0.39, 0.29) is 24.3 Å². The Kier molecular flexibility index (Phi) is 9.98. The molecule has 172 valence electrons. The van der Waals surface area contributed by atoms with Crippen LogP contribution in [0.4, 0.5) is 13.2 Å². The number of rotatable bonds is 9. The largest absolute Gasteiger partial charge is 0.407 e. The first-order chi connectivity index (χ1) is 15.0. The number of carbonyl (C=O) groups is 1. The number of nitrogens with zero attached hydrogens (tertiary/aromatic N) is 1. The van der Waals surface area contributed by atoms with Crippen molar-refractivity contribution in [2.45, 2.75) is 51.0 Å². The first-order valence-corrected chi connectivity index (χ1v) is 11.9. The van der Waals surface area contributed by atoms with Crippen LogP contribution in [0.2, 0.25) is 0 Å². The van der Waals surface area contributed by atoms with Gasteiger partial charge in [0.25, 0.3) is 0 Å². The van der Waals surface area contributed by atoms with E-state index in [2.05, 4.69) is 49.2 Å². The van der Waals surface area contributed by atoms with Crippen molar-refractivity contribution in [3.05, 3.63) is 67.7 Å². The van der Waals surface area contributed by atoms with E-state index in [1.54, 1.807) is 0 Å². The molecule has 2 aromatic rings. The Morgan fingerprint density at radius 2 is 1.72 bits per heavy atom. The predicted octanol–water partition coefficient (Wildman–Crippen LogP) is 5.91. The number of halogens is 5.